The second-order valence-corrected chi connectivity index (χ2v) is 4.16. The molecule has 0 spiro atoms. The van der Waals surface area contributed by atoms with Gasteiger partial charge in [0.25, 0.3) is 5.88 Å². The van der Waals surface area contributed by atoms with Crippen LogP contribution in [-0.2, 0) is 4.79 Å². The first kappa shape index (κ1) is 13.3. The summed E-state index contributed by atoms with van der Waals surface area (Å²) >= 11 is 5.60. The summed E-state index contributed by atoms with van der Waals surface area (Å²) < 4.78 is 18.9. The summed E-state index contributed by atoms with van der Waals surface area (Å²) in [6, 6.07) is 7.77. The minimum absolute atomic E-state index is 0.181. The van der Waals surface area contributed by atoms with E-state index in [4.69, 9.17) is 16.3 Å². The van der Waals surface area contributed by atoms with Crippen LogP contribution >= 0.6 is 11.6 Å². The standard InChI is InChI=1S/C13H10ClFN2O2/c1-8(18)17-11-4-2-3-5-12(11)19-13-10(15)6-9(14)7-16-13/h2-7H,1H3,(H,17,18). The Bertz CT molecular complexity index is 619. The molecule has 0 fully saturated rings. The van der Waals surface area contributed by atoms with E-state index in [2.05, 4.69) is 10.3 Å². The van der Waals surface area contributed by atoms with Gasteiger partial charge in [-0.05, 0) is 18.2 Å². The average molecular weight is 281 g/mol. The summed E-state index contributed by atoms with van der Waals surface area (Å²) in [7, 11) is 0. The molecule has 2 aromatic rings. The van der Waals surface area contributed by atoms with Gasteiger partial charge < -0.3 is 10.1 Å². The molecule has 0 saturated carbocycles. The van der Waals surface area contributed by atoms with Crippen molar-refractivity contribution >= 4 is 23.2 Å². The molecule has 0 unspecified atom stereocenters. The molecule has 0 aliphatic rings. The van der Waals surface area contributed by atoms with Gasteiger partial charge >= 0.3 is 0 Å². The van der Waals surface area contributed by atoms with Gasteiger partial charge in [-0.25, -0.2) is 9.37 Å². The fourth-order valence-electron chi connectivity index (χ4n) is 1.43. The molecule has 1 N–H and O–H groups in total. The Morgan fingerprint density at radius 2 is 2.16 bits per heavy atom. The number of carbonyl (C=O) groups is 1. The lowest BCUT2D eigenvalue weighted by Gasteiger charge is -2.10. The van der Waals surface area contributed by atoms with Gasteiger partial charge in [-0.2, -0.15) is 0 Å². The van der Waals surface area contributed by atoms with E-state index < -0.39 is 5.82 Å². The van der Waals surface area contributed by atoms with Crippen molar-refractivity contribution in [3.63, 3.8) is 0 Å². The summed E-state index contributed by atoms with van der Waals surface area (Å²) in [5.74, 6) is -0.834. The van der Waals surface area contributed by atoms with Gasteiger partial charge in [0.1, 0.15) is 0 Å². The zero-order chi connectivity index (χ0) is 13.8. The Labute approximate surface area is 114 Å². The summed E-state index contributed by atoms with van der Waals surface area (Å²) in [6.07, 6.45) is 1.28. The lowest BCUT2D eigenvalue weighted by Crippen LogP contribution is -2.07. The van der Waals surface area contributed by atoms with Crippen LogP contribution in [0, 0.1) is 5.82 Å². The molecule has 6 heteroatoms. The number of aromatic nitrogens is 1. The smallest absolute Gasteiger partial charge is 0.256 e. The summed E-state index contributed by atoms with van der Waals surface area (Å²) in [5.41, 5.74) is 0.436. The molecular weight excluding hydrogens is 271 g/mol. The fourth-order valence-corrected chi connectivity index (χ4v) is 1.57. The van der Waals surface area contributed by atoms with Crippen molar-refractivity contribution in [1.82, 2.24) is 4.98 Å². The van der Waals surface area contributed by atoms with Crippen molar-refractivity contribution in [1.29, 1.82) is 0 Å². The topological polar surface area (TPSA) is 51.2 Å². The van der Waals surface area contributed by atoms with Crippen molar-refractivity contribution in [2.24, 2.45) is 0 Å². The number of halogens is 2. The van der Waals surface area contributed by atoms with Gasteiger partial charge in [-0.15, -0.1) is 0 Å². The first-order chi connectivity index (χ1) is 9.06. The Morgan fingerprint density at radius 3 is 2.84 bits per heavy atom. The van der Waals surface area contributed by atoms with E-state index in [-0.39, 0.29) is 16.8 Å². The van der Waals surface area contributed by atoms with E-state index >= 15 is 0 Å². The number of rotatable bonds is 3. The number of hydrogen-bond acceptors (Lipinski definition) is 3. The normalized spacial score (nSPS) is 10.1. The van der Waals surface area contributed by atoms with Gasteiger partial charge in [0, 0.05) is 13.1 Å². The molecule has 2 rings (SSSR count). The van der Waals surface area contributed by atoms with E-state index in [1.54, 1.807) is 24.3 Å². The monoisotopic (exact) mass is 280 g/mol. The predicted molar refractivity (Wildman–Crippen MR) is 70.0 cm³/mol. The SMILES string of the molecule is CC(=O)Nc1ccccc1Oc1ncc(Cl)cc1F. The van der Waals surface area contributed by atoms with Gasteiger partial charge in [0.15, 0.2) is 11.6 Å². The second kappa shape index (κ2) is 5.67. The molecule has 1 aromatic heterocycles. The summed E-state index contributed by atoms with van der Waals surface area (Å²) in [5, 5.41) is 2.76. The number of hydrogen-bond donors (Lipinski definition) is 1. The first-order valence-corrected chi connectivity index (χ1v) is 5.79. The van der Waals surface area contributed by atoms with Crippen LogP contribution in [0.1, 0.15) is 6.92 Å². The third-order valence-electron chi connectivity index (χ3n) is 2.18. The Balaban J connectivity index is 2.30. The van der Waals surface area contributed by atoms with Crippen LogP contribution in [0.25, 0.3) is 0 Å². The summed E-state index contributed by atoms with van der Waals surface area (Å²) in [4.78, 5) is 14.8. The van der Waals surface area contributed by atoms with Crippen molar-refractivity contribution in [3.05, 3.63) is 47.4 Å². The molecule has 0 aliphatic heterocycles. The number of carbonyl (C=O) groups excluding carboxylic acids is 1. The molecule has 1 heterocycles. The van der Waals surface area contributed by atoms with E-state index in [0.29, 0.717) is 11.4 Å². The molecule has 19 heavy (non-hydrogen) atoms. The number of ether oxygens (including phenoxy) is 1. The van der Waals surface area contributed by atoms with E-state index in [1.165, 1.54) is 13.1 Å². The number of pyridine rings is 1. The predicted octanol–water partition coefficient (Wildman–Crippen LogP) is 3.62. The van der Waals surface area contributed by atoms with E-state index in [0.717, 1.165) is 6.07 Å². The molecule has 98 valence electrons. The minimum atomic E-state index is -0.676. The minimum Gasteiger partial charge on any atom is -0.434 e. The Hall–Kier alpha value is -2.14. The van der Waals surface area contributed by atoms with Crippen molar-refractivity contribution in [3.8, 4) is 11.6 Å². The van der Waals surface area contributed by atoms with Crippen LogP contribution in [0.2, 0.25) is 5.02 Å². The maximum atomic E-state index is 13.6. The molecule has 0 saturated heterocycles. The fraction of sp³-hybridized carbons (Fsp3) is 0.0769. The molecule has 1 amide bonds. The number of anilines is 1. The highest BCUT2D eigenvalue weighted by Gasteiger charge is 2.10. The summed E-state index contributed by atoms with van der Waals surface area (Å²) in [6.45, 7) is 1.37. The van der Waals surface area contributed by atoms with Gasteiger partial charge in [-0.1, -0.05) is 23.7 Å². The number of nitrogens with one attached hydrogen (secondary N) is 1. The molecule has 0 aliphatic carbocycles. The number of amides is 1. The van der Waals surface area contributed by atoms with Crippen molar-refractivity contribution in [2.75, 3.05) is 5.32 Å². The first-order valence-electron chi connectivity index (χ1n) is 5.42. The van der Waals surface area contributed by atoms with Gasteiger partial charge in [0.2, 0.25) is 5.91 Å². The van der Waals surface area contributed by atoms with Crippen LogP contribution < -0.4 is 10.1 Å². The lowest BCUT2D eigenvalue weighted by atomic mass is 10.3. The Morgan fingerprint density at radius 1 is 1.42 bits per heavy atom. The highest BCUT2D eigenvalue weighted by molar-refractivity contribution is 6.30. The highest BCUT2D eigenvalue weighted by atomic mass is 35.5. The van der Waals surface area contributed by atoms with Crippen LogP contribution in [-0.4, -0.2) is 10.9 Å². The zero-order valence-electron chi connectivity index (χ0n) is 9.98. The molecule has 1 aromatic carbocycles. The molecule has 0 atom stereocenters. The zero-order valence-corrected chi connectivity index (χ0v) is 10.7. The number of nitrogens with zero attached hydrogens (tertiary/aromatic N) is 1. The largest absolute Gasteiger partial charge is 0.434 e. The van der Waals surface area contributed by atoms with E-state index in [1.807, 2.05) is 0 Å². The number of para-hydroxylation sites is 2. The highest BCUT2D eigenvalue weighted by Crippen LogP contribution is 2.30. The maximum absolute atomic E-state index is 13.6. The van der Waals surface area contributed by atoms with Gasteiger partial charge in [0.05, 0.1) is 10.7 Å². The van der Waals surface area contributed by atoms with Crippen LogP contribution in [0.4, 0.5) is 10.1 Å². The third-order valence-corrected chi connectivity index (χ3v) is 2.39. The average Bonchev–Trinajstić information content (AvgIpc) is 2.34. The van der Waals surface area contributed by atoms with Crippen molar-refractivity contribution in [2.45, 2.75) is 6.92 Å². The lowest BCUT2D eigenvalue weighted by molar-refractivity contribution is -0.114. The van der Waals surface area contributed by atoms with Crippen LogP contribution in [0.3, 0.4) is 0 Å². The quantitative estimate of drug-likeness (QED) is 0.934. The van der Waals surface area contributed by atoms with Crippen LogP contribution in [0.5, 0.6) is 11.6 Å². The molecule has 4 nitrogen and oxygen atoms in total. The second-order valence-electron chi connectivity index (χ2n) is 3.72. The maximum Gasteiger partial charge on any atom is 0.256 e. The molecule has 0 radical (unpaired) electrons. The third kappa shape index (κ3) is 3.42. The van der Waals surface area contributed by atoms with Crippen LogP contribution in [0.15, 0.2) is 36.5 Å². The van der Waals surface area contributed by atoms with Gasteiger partial charge in [-0.3, -0.25) is 4.79 Å². The van der Waals surface area contributed by atoms with E-state index in [9.17, 15) is 9.18 Å². The number of benzene rings is 1. The molecular formula is C13H10ClFN2O2. The Kier molecular flexibility index (Phi) is 3.97. The molecule has 0 bridgehead atoms. The van der Waals surface area contributed by atoms with Crippen molar-refractivity contribution < 1.29 is 13.9 Å².